The van der Waals surface area contributed by atoms with E-state index in [9.17, 15) is 4.79 Å². The molecule has 2 heterocycles. The van der Waals surface area contributed by atoms with Gasteiger partial charge in [0, 0.05) is 23.5 Å². The number of para-hydroxylation sites is 1. The van der Waals surface area contributed by atoms with Gasteiger partial charge in [-0.15, -0.1) is 11.3 Å². The second-order valence-corrected chi connectivity index (χ2v) is 5.71. The van der Waals surface area contributed by atoms with Crippen LogP contribution in [0.15, 0.2) is 41.8 Å². The molecule has 1 aromatic heterocycles. The van der Waals surface area contributed by atoms with Crippen LogP contribution < -0.4 is 10.6 Å². The zero-order valence-corrected chi connectivity index (χ0v) is 11.4. The Morgan fingerprint density at radius 3 is 3.00 bits per heavy atom. The highest BCUT2D eigenvalue weighted by molar-refractivity contribution is 7.09. The van der Waals surface area contributed by atoms with Gasteiger partial charge >= 0.3 is 0 Å². The molecule has 0 fully saturated rings. The van der Waals surface area contributed by atoms with Crippen molar-refractivity contribution in [3.63, 3.8) is 0 Å². The third-order valence-electron chi connectivity index (χ3n) is 3.34. The summed E-state index contributed by atoms with van der Waals surface area (Å²) in [5, 5.41) is 8.33. The second-order valence-electron chi connectivity index (χ2n) is 4.68. The fourth-order valence-electron chi connectivity index (χ4n) is 2.34. The van der Waals surface area contributed by atoms with Crippen LogP contribution in [0.4, 0.5) is 5.69 Å². The summed E-state index contributed by atoms with van der Waals surface area (Å²) in [6.07, 6.45) is 1.68. The average Bonchev–Trinajstić information content (AvgIpc) is 3.07. The van der Waals surface area contributed by atoms with Crippen LogP contribution in [0, 0.1) is 0 Å². The van der Waals surface area contributed by atoms with Gasteiger partial charge in [0.15, 0.2) is 0 Å². The van der Waals surface area contributed by atoms with Gasteiger partial charge in [-0.05, 0) is 29.5 Å². The molecule has 1 atom stereocenters. The first-order chi connectivity index (χ1) is 9.33. The van der Waals surface area contributed by atoms with E-state index in [1.807, 2.05) is 24.3 Å². The first-order valence-electron chi connectivity index (χ1n) is 6.47. The summed E-state index contributed by atoms with van der Waals surface area (Å²) in [7, 11) is 0. The molecule has 1 aliphatic heterocycles. The Morgan fingerprint density at radius 2 is 2.21 bits per heavy atom. The Balaban J connectivity index is 1.50. The quantitative estimate of drug-likeness (QED) is 0.897. The fourth-order valence-corrected chi connectivity index (χ4v) is 3.05. The molecule has 3 nitrogen and oxygen atoms in total. The van der Waals surface area contributed by atoms with E-state index in [2.05, 4.69) is 28.1 Å². The highest BCUT2D eigenvalue weighted by atomic mass is 32.1. The minimum atomic E-state index is -0.124. The molecule has 4 heteroatoms. The van der Waals surface area contributed by atoms with E-state index in [1.54, 1.807) is 11.3 Å². The molecule has 1 aliphatic rings. The summed E-state index contributed by atoms with van der Waals surface area (Å²) < 4.78 is 0. The number of carbonyl (C=O) groups excluding carboxylic acids is 1. The Hall–Kier alpha value is -1.81. The molecule has 0 saturated heterocycles. The van der Waals surface area contributed by atoms with Crippen molar-refractivity contribution in [3.05, 3.63) is 52.2 Å². The zero-order valence-electron chi connectivity index (χ0n) is 10.6. The molecule has 0 spiro atoms. The van der Waals surface area contributed by atoms with E-state index in [-0.39, 0.29) is 11.9 Å². The molecule has 3 rings (SSSR count). The highest BCUT2D eigenvalue weighted by Gasteiger charge is 2.25. The van der Waals surface area contributed by atoms with Gasteiger partial charge in [0.2, 0.25) is 5.91 Å². The van der Waals surface area contributed by atoms with Crippen LogP contribution in [0.1, 0.15) is 10.4 Å². The lowest BCUT2D eigenvalue weighted by molar-refractivity contribution is -0.121. The Kier molecular flexibility index (Phi) is 3.51. The van der Waals surface area contributed by atoms with E-state index in [0.717, 1.165) is 18.5 Å². The number of hydrogen-bond acceptors (Lipinski definition) is 3. The molecule has 0 bridgehead atoms. The summed E-state index contributed by atoms with van der Waals surface area (Å²) in [6, 6.07) is 12.1. The molecule has 2 N–H and O–H groups in total. The molecule has 0 unspecified atom stereocenters. The standard InChI is InChI=1S/C15H16N2OS/c18-15(16-8-7-12-5-3-9-19-12)14-10-11-4-1-2-6-13(11)17-14/h1-6,9,14,17H,7-8,10H2,(H,16,18)/t14-/m0/s1. The Morgan fingerprint density at radius 1 is 1.32 bits per heavy atom. The Bertz CT molecular complexity index is 540. The van der Waals surface area contributed by atoms with E-state index in [4.69, 9.17) is 0 Å². The number of nitrogens with one attached hydrogen (secondary N) is 2. The van der Waals surface area contributed by atoms with Crippen molar-refractivity contribution in [2.24, 2.45) is 0 Å². The zero-order chi connectivity index (χ0) is 13.1. The van der Waals surface area contributed by atoms with Crippen LogP contribution in [-0.2, 0) is 17.6 Å². The van der Waals surface area contributed by atoms with Crippen molar-refractivity contribution in [1.29, 1.82) is 0 Å². The first kappa shape index (κ1) is 12.2. The van der Waals surface area contributed by atoms with Crippen LogP contribution in [0.2, 0.25) is 0 Å². The summed E-state index contributed by atoms with van der Waals surface area (Å²) in [4.78, 5) is 13.4. The van der Waals surface area contributed by atoms with Crippen LogP contribution in [0.25, 0.3) is 0 Å². The topological polar surface area (TPSA) is 41.1 Å². The monoisotopic (exact) mass is 272 g/mol. The van der Waals surface area contributed by atoms with Gasteiger partial charge in [-0.3, -0.25) is 4.79 Å². The predicted molar refractivity (Wildman–Crippen MR) is 78.6 cm³/mol. The number of anilines is 1. The van der Waals surface area contributed by atoms with Crippen LogP contribution in [0.5, 0.6) is 0 Å². The molecule has 0 saturated carbocycles. The predicted octanol–water partition coefficient (Wildman–Crippen LogP) is 2.44. The number of thiophene rings is 1. The van der Waals surface area contributed by atoms with Crippen LogP contribution in [0.3, 0.4) is 0 Å². The van der Waals surface area contributed by atoms with Crippen LogP contribution in [-0.4, -0.2) is 18.5 Å². The number of fused-ring (bicyclic) bond motifs is 1. The normalized spacial score (nSPS) is 16.7. The first-order valence-corrected chi connectivity index (χ1v) is 7.35. The highest BCUT2D eigenvalue weighted by Crippen LogP contribution is 2.25. The molecule has 2 aromatic rings. The number of carbonyl (C=O) groups is 1. The third kappa shape index (κ3) is 2.79. The molecule has 0 aliphatic carbocycles. The second kappa shape index (κ2) is 5.45. The smallest absolute Gasteiger partial charge is 0.242 e. The van der Waals surface area contributed by atoms with Gasteiger partial charge in [0.25, 0.3) is 0 Å². The van der Waals surface area contributed by atoms with Crippen molar-refractivity contribution < 1.29 is 4.79 Å². The molecule has 1 amide bonds. The minimum Gasteiger partial charge on any atom is -0.373 e. The molecule has 19 heavy (non-hydrogen) atoms. The van der Waals surface area contributed by atoms with Crippen molar-refractivity contribution in [2.75, 3.05) is 11.9 Å². The molecule has 98 valence electrons. The molecule has 0 radical (unpaired) electrons. The lowest BCUT2D eigenvalue weighted by Gasteiger charge is -2.11. The fraction of sp³-hybridized carbons (Fsp3) is 0.267. The molecule has 1 aromatic carbocycles. The summed E-state index contributed by atoms with van der Waals surface area (Å²) >= 11 is 1.73. The number of amides is 1. The lowest BCUT2D eigenvalue weighted by atomic mass is 10.1. The van der Waals surface area contributed by atoms with E-state index in [0.29, 0.717) is 6.54 Å². The van der Waals surface area contributed by atoms with Gasteiger partial charge in [0.1, 0.15) is 6.04 Å². The summed E-state index contributed by atoms with van der Waals surface area (Å²) in [5.41, 5.74) is 2.31. The van der Waals surface area contributed by atoms with Gasteiger partial charge in [-0.1, -0.05) is 24.3 Å². The molecular formula is C15H16N2OS. The lowest BCUT2D eigenvalue weighted by Crippen LogP contribution is -2.39. The molecular weight excluding hydrogens is 256 g/mol. The average molecular weight is 272 g/mol. The van der Waals surface area contributed by atoms with Gasteiger partial charge in [-0.25, -0.2) is 0 Å². The van der Waals surface area contributed by atoms with Crippen molar-refractivity contribution in [1.82, 2.24) is 5.32 Å². The maximum atomic E-state index is 12.1. The Labute approximate surface area is 116 Å². The number of rotatable bonds is 4. The van der Waals surface area contributed by atoms with Crippen molar-refractivity contribution in [2.45, 2.75) is 18.9 Å². The largest absolute Gasteiger partial charge is 0.373 e. The third-order valence-corrected chi connectivity index (χ3v) is 4.27. The van der Waals surface area contributed by atoms with Crippen molar-refractivity contribution in [3.8, 4) is 0 Å². The number of hydrogen-bond donors (Lipinski definition) is 2. The maximum Gasteiger partial charge on any atom is 0.242 e. The summed E-state index contributed by atoms with van der Waals surface area (Å²) in [5.74, 6) is 0.0905. The van der Waals surface area contributed by atoms with Crippen molar-refractivity contribution >= 4 is 22.9 Å². The van der Waals surface area contributed by atoms with Crippen LogP contribution >= 0.6 is 11.3 Å². The summed E-state index contributed by atoms with van der Waals surface area (Å²) in [6.45, 7) is 0.702. The van der Waals surface area contributed by atoms with Gasteiger partial charge in [0.05, 0.1) is 0 Å². The van der Waals surface area contributed by atoms with E-state index < -0.39 is 0 Å². The number of benzene rings is 1. The van der Waals surface area contributed by atoms with Gasteiger partial charge < -0.3 is 10.6 Å². The van der Waals surface area contributed by atoms with Gasteiger partial charge in [-0.2, -0.15) is 0 Å². The maximum absolute atomic E-state index is 12.1. The van der Waals surface area contributed by atoms with E-state index in [1.165, 1.54) is 10.4 Å². The SMILES string of the molecule is O=C(NCCc1cccs1)[C@@H]1Cc2ccccc2N1. The van der Waals surface area contributed by atoms with E-state index >= 15 is 0 Å². The minimum absolute atomic E-state index is 0.0905.